The summed E-state index contributed by atoms with van der Waals surface area (Å²) in [4.78, 5) is 25.3. The summed E-state index contributed by atoms with van der Waals surface area (Å²) in [6, 6.07) is 4.34. The minimum Gasteiger partial charge on any atom is -0.394 e. The predicted octanol–water partition coefficient (Wildman–Crippen LogP) is 1.34. The van der Waals surface area contributed by atoms with Crippen molar-refractivity contribution in [2.45, 2.75) is 18.9 Å². The Morgan fingerprint density at radius 2 is 1.83 bits per heavy atom. The van der Waals surface area contributed by atoms with Crippen molar-refractivity contribution >= 4 is 35.0 Å². The highest BCUT2D eigenvalue weighted by atomic mass is 35.5. The maximum Gasteiger partial charge on any atom is 0.234 e. The van der Waals surface area contributed by atoms with Crippen LogP contribution in [0.5, 0.6) is 0 Å². The van der Waals surface area contributed by atoms with Crippen LogP contribution in [0.25, 0.3) is 0 Å². The summed E-state index contributed by atoms with van der Waals surface area (Å²) >= 11 is 11.9. The van der Waals surface area contributed by atoms with Crippen LogP contribution in [0.15, 0.2) is 18.2 Å². The fourth-order valence-corrected chi connectivity index (χ4v) is 3.37. The maximum absolute atomic E-state index is 12.2. The van der Waals surface area contributed by atoms with E-state index in [2.05, 4.69) is 5.32 Å². The summed E-state index contributed by atoms with van der Waals surface area (Å²) < 4.78 is 0. The molecule has 0 saturated carbocycles. The van der Waals surface area contributed by atoms with E-state index >= 15 is 0 Å². The molecule has 1 heterocycles. The minimum absolute atomic E-state index is 0.108. The smallest absolute Gasteiger partial charge is 0.234 e. The first-order chi connectivity index (χ1) is 11.4. The Morgan fingerprint density at radius 3 is 2.33 bits per heavy atom. The van der Waals surface area contributed by atoms with E-state index in [1.54, 1.807) is 18.2 Å². The highest BCUT2D eigenvalue weighted by molar-refractivity contribution is 6.34. The van der Waals surface area contributed by atoms with Gasteiger partial charge in [0.15, 0.2) is 0 Å². The molecule has 24 heavy (non-hydrogen) atoms. The number of carbonyl (C=O) groups is 2. The molecule has 0 spiro atoms. The summed E-state index contributed by atoms with van der Waals surface area (Å²) in [5.74, 6) is -0.594. The van der Waals surface area contributed by atoms with Gasteiger partial charge in [0.05, 0.1) is 19.2 Å². The van der Waals surface area contributed by atoms with Crippen LogP contribution in [-0.2, 0) is 9.59 Å². The van der Waals surface area contributed by atoms with E-state index < -0.39 is 6.04 Å². The molecule has 1 saturated heterocycles. The Kier molecular flexibility index (Phi) is 6.86. The average molecular weight is 374 g/mol. The molecule has 1 unspecified atom stereocenters. The highest BCUT2D eigenvalue weighted by Crippen LogP contribution is 2.23. The number of carbonyl (C=O) groups excluding carboxylic acids is 2. The number of amides is 2. The third-order valence-electron chi connectivity index (χ3n) is 4.16. The second-order valence-corrected chi connectivity index (χ2v) is 6.83. The quantitative estimate of drug-likeness (QED) is 0.700. The number of aliphatic hydroxyl groups is 1. The Balaban J connectivity index is 1.89. The monoisotopic (exact) mass is 373 g/mol. The summed E-state index contributed by atoms with van der Waals surface area (Å²) in [6.07, 6.45) is 1.33. The Hall–Kier alpha value is -1.34. The van der Waals surface area contributed by atoms with Crippen molar-refractivity contribution in [2.24, 2.45) is 11.7 Å². The number of nitrogens with one attached hydrogen (secondary N) is 1. The first kappa shape index (κ1) is 19.0. The Morgan fingerprint density at radius 1 is 1.25 bits per heavy atom. The number of hydrogen-bond acceptors (Lipinski definition) is 4. The third-order valence-corrected chi connectivity index (χ3v) is 4.60. The Labute approximate surface area is 150 Å². The molecule has 0 aromatic heterocycles. The molecule has 132 valence electrons. The zero-order chi connectivity index (χ0) is 17.7. The number of likely N-dealkylation sites (tertiary alicyclic amines) is 1. The molecule has 0 aliphatic carbocycles. The lowest BCUT2D eigenvalue weighted by atomic mass is 9.96. The van der Waals surface area contributed by atoms with E-state index in [4.69, 9.17) is 28.9 Å². The molecule has 6 nitrogen and oxygen atoms in total. The van der Waals surface area contributed by atoms with Gasteiger partial charge in [0.1, 0.15) is 0 Å². The molecular weight excluding hydrogens is 353 g/mol. The van der Waals surface area contributed by atoms with Crippen molar-refractivity contribution in [2.75, 3.05) is 26.2 Å². The SMILES string of the molecule is NC(=O)C1CCN(CC(=O)NC(CO)c2cc(Cl)cc(Cl)c2)CC1. The van der Waals surface area contributed by atoms with Crippen molar-refractivity contribution in [1.82, 2.24) is 10.2 Å². The molecule has 0 radical (unpaired) electrons. The number of primary amides is 1. The second-order valence-electron chi connectivity index (χ2n) is 5.96. The molecule has 2 rings (SSSR count). The van der Waals surface area contributed by atoms with E-state index in [0.29, 0.717) is 41.5 Å². The number of nitrogens with two attached hydrogens (primary N) is 1. The van der Waals surface area contributed by atoms with Crippen LogP contribution in [0.1, 0.15) is 24.4 Å². The molecule has 8 heteroatoms. The van der Waals surface area contributed by atoms with Crippen LogP contribution in [0.2, 0.25) is 10.0 Å². The van der Waals surface area contributed by atoms with Crippen molar-refractivity contribution in [3.63, 3.8) is 0 Å². The fourth-order valence-electron chi connectivity index (χ4n) is 2.83. The topological polar surface area (TPSA) is 95.7 Å². The molecule has 1 atom stereocenters. The number of rotatable bonds is 6. The normalized spacial score (nSPS) is 17.5. The largest absolute Gasteiger partial charge is 0.394 e. The molecular formula is C16H21Cl2N3O3. The van der Waals surface area contributed by atoms with Crippen molar-refractivity contribution in [3.05, 3.63) is 33.8 Å². The predicted molar refractivity (Wildman–Crippen MR) is 92.8 cm³/mol. The third kappa shape index (κ3) is 5.34. The van der Waals surface area contributed by atoms with Crippen LogP contribution in [0.3, 0.4) is 0 Å². The first-order valence-electron chi connectivity index (χ1n) is 7.77. The summed E-state index contributed by atoms with van der Waals surface area (Å²) in [5.41, 5.74) is 5.95. The van der Waals surface area contributed by atoms with Gasteiger partial charge >= 0.3 is 0 Å². The van der Waals surface area contributed by atoms with Crippen LogP contribution in [0, 0.1) is 5.92 Å². The minimum atomic E-state index is -0.572. The van der Waals surface area contributed by atoms with Gasteiger partial charge in [0.2, 0.25) is 11.8 Å². The number of benzene rings is 1. The van der Waals surface area contributed by atoms with Gasteiger partial charge < -0.3 is 16.2 Å². The van der Waals surface area contributed by atoms with Gasteiger partial charge in [0, 0.05) is 16.0 Å². The molecule has 1 aromatic rings. The highest BCUT2D eigenvalue weighted by Gasteiger charge is 2.25. The van der Waals surface area contributed by atoms with Gasteiger partial charge in [0.25, 0.3) is 0 Å². The molecule has 0 bridgehead atoms. The number of hydrogen-bond donors (Lipinski definition) is 3. The first-order valence-corrected chi connectivity index (χ1v) is 8.52. The maximum atomic E-state index is 12.2. The van der Waals surface area contributed by atoms with Gasteiger partial charge in [-0.05, 0) is 49.7 Å². The molecule has 2 amide bonds. The molecule has 1 fully saturated rings. The summed E-state index contributed by atoms with van der Waals surface area (Å²) in [7, 11) is 0. The van der Waals surface area contributed by atoms with Crippen molar-refractivity contribution in [3.8, 4) is 0 Å². The van der Waals surface area contributed by atoms with Gasteiger partial charge in [-0.25, -0.2) is 0 Å². The average Bonchev–Trinajstić information content (AvgIpc) is 2.52. The Bertz CT molecular complexity index is 584. The van der Waals surface area contributed by atoms with Gasteiger partial charge in [-0.1, -0.05) is 23.2 Å². The van der Waals surface area contributed by atoms with Gasteiger partial charge in [-0.15, -0.1) is 0 Å². The van der Waals surface area contributed by atoms with Crippen LogP contribution >= 0.6 is 23.2 Å². The zero-order valence-corrected chi connectivity index (χ0v) is 14.7. The van der Waals surface area contributed by atoms with Crippen LogP contribution in [-0.4, -0.2) is 48.1 Å². The number of nitrogens with zero attached hydrogens (tertiary/aromatic N) is 1. The van der Waals surface area contributed by atoms with Crippen LogP contribution in [0.4, 0.5) is 0 Å². The number of halogens is 2. The number of aliphatic hydroxyl groups excluding tert-OH is 1. The van der Waals surface area contributed by atoms with Crippen molar-refractivity contribution in [1.29, 1.82) is 0 Å². The zero-order valence-electron chi connectivity index (χ0n) is 13.2. The van der Waals surface area contributed by atoms with Gasteiger partial charge in [-0.3, -0.25) is 14.5 Å². The molecule has 4 N–H and O–H groups in total. The van der Waals surface area contributed by atoms with Gasteiger partial charge in [-0.2, -0.15) is 0 Å². The standard InChI is InChI=1S/C16H21Cl2N3O3/c17-12-5-11(6-13(18)7-12)14(9-22)20-15(23)8-21-3-1-10(2-4-21)16(19)24/h5-7,10,14,22H,1-4,8-9H2,(H2,19,24)(H,20,23). The van der Waals surface area contributed by atoms with E-state index in [1.807, 2.05) is 4.90 Å². The number of piperidine rings is 1. The lowest BCUT2D eigenvalue weighted by molar-refractivity contribution is -0.124. The summed E-state index contributed by atoms with van der Waals surface area (Å²) in [5, 5.41) is 13.2. The molecule has 1 aliphatic heterocycles. The van der Waals surface area contributed by atoms with Crippen LogP contribution < -0.4 is 11.1 Å². The lowest BCUT2D eigenvalue weighted by Crippen LogP contribution is -2.44. The molecule has 1 aromatic carbocycles. The van der Waals surface area contributed by atoms with E-state index in [0.717, 1.165) is 0 Å². The molecule has 1 aliphatic rings. The summed E-state index contributed by atoms with van der Waals surface area (Å²) in [6.45, 7) is 1.24. The van der Waals surface area contributed by atoms with E-state index in [1.165, 1.54) is 0 Å². The van der Waals surface area contributed by atoms with Crippen molar-refractivity contribution < 1.29 is 14.7 Å². The van der Waals surface area contributed by atoms with E-state index in [9.17, 15) is 14.7 Å². The second kappa shape index (κ2) is 8.67. The fraction of sp³-hybridized carbons (Fsp3) is 0.500. The van der Waals surface area contributed by atoms with E-state index in [-0.39, 0.29) is 30.9 Å². The lowest BCUT2D eigenvalue weighted by Gasteiger charge is -2.30.